The first kappa shape index (κ1) is 68.2. The van der Waals surface area contributed by atoms with Crippen LogP contribution in [0.4, 0.5) is 0 Å². The van der Waals surface area contributed by atoms with Crippen LogP contribution in [0.25, 0.3) is 48.4 Å². The minimum Gasteiger partial charge on any atom is -0.495 e. The molecule has 0 fully saturated rings. The van der Waals surface area contributed by atoms with E-state index in [0.29, 0.717) is 9.75 Å². The van der Waals surface area contributed by atoms with Crippen LogP contribution >= 0.6 is 68.0 Å². The SMILES string of the molecule is CCCCCCCCc1ccc(C2(c3ccc(CCCCCCCC)cc3)c3cc(-c4sc(C=O)cc4OC)sc3-c3sc4c5c(sc4c32)-c2sc(-c3sc(C=O)cc3OC)cc2C5(c2ccc(CCCCCCCC)cc2)c2ccc(CCCCCCCC)cc2)cc1. The molecule has 12 rings (SSSR count). The fourth-order valence-corrected chi connectivity index (χ4v) is 23.2. The van der Waals surface area contributed by atoms with Gasteiger partial charge in [0.1, 0.15) is 11.5 Å². The fourth-order valence-electron chi connectivity index (χ4n) is 15.3. The summed E-state index contributed by atoms with van der Waals surface area (Å²) in [7, 11) is 3.47. The molecule has 4 nitrogen and oxygen atoms in total. The molecule has 0 saturated carbocycles. The van der Waals surface area contributed by atoms with Crippen LogP contribution in [0, 0.1) is 0 Å². The first-order valence-electron chi connectivity index (χ1n) is 35.8. The molecule has 492 valence electrons. The Kier molecular flexibility index (Phi) is 23.3. The summed E-state index contributed by atoms with van der Waals surface area (Å²) in [6.07, 6.45) is 36.8. The van der Waals surface area contributed by atoms with Gasteiger partial charge in [0.15, 0.2) is 12.6 Å². The van der Waals surface area contributed by atoms with Gasteiger partial charge in [-0.2, -0.15) is 0 Å². The normalized spacial score (nSPS) is 13.4. The Morgan fingerprint density at radius 3 is 0.862 bits per heavy atom. The zero-order valence-corrected chi connectivity index (χ0v) is 61.5. The average Bonchev–Trinajstić information content (AvgIpc) is 1.49. The second-order valence-corrected chi connectivity index (χ2v) is 33.0. The highest BCUT2D eigenvalue weighted by molar-refractivity contribution is 7.35. The number of benzene rings is 4. The molecule has 0 atom stereocenters. The van der Waals surface area contributed by atoms with Gasteiger partial charge >= 0.3 is 0 Å². The maximum atomic E-state index is 12.6. The largest absolute Gasteiger partial charge is 0.495 e. The Bertz CT molecular complexity index is 3720. The minimum atomic E-state index is -0.677. The van der Waals surface area contributed by atoms with Crippen LogP contribution in [0.2, 0.25) is 0 Å². The number of hydrogen-bond acceptors (Lipinski definition) is 10. The van der Waals surface area contributed by atoms with Gasteiger partial charge in [0.05, 0.1) is 73.5 Å². The molecule has 4 aromatic carbocycles. The van der Waals surface area contributed by atoms with Crippen molar-refractivity contribution in [2.75, 3.05) is 14.2 Å². The molecule has 2 aliphatic rings. The zero-order chi connectivity index (χ0) is 65.0. The number of carbonyl (C=O) groups excluding carboxylic acids is 2. The number of ether oxygens (including phenoxy) is 2. The highest BCUT2D eigenvalue weighted by atomic mass is 32.1. The van der Waals surface area contributed by atoms with Gasteiger partial charge in [0.2, 0.25) is 0 Å². The quantitative estimate of drug-likeness (QED) is 0.0286. The van der Waals surface area contributed by atoms with Crippen molar-refractivity contribution in [1.82, 2.24) is 0 Å². The van der Waals surface area contributed by atoms with Crippen LogP contribution in [0.3, 0.4) is 0 Å². The molecule has 10 aromatic rings. The number of hydrogen-bond donors (Lipinski definition) is 0. The summed E-state index contributed by atoms with van der Waals surface area (Å²) < 4.78 is 15.0. The number of carbonyl (C=O) groups is 2. The third kappa shape index (κ3) is 13.7. The lowest BCUT2D eigenvalue weighted by atomic mass is 9.67. The predicted molar refractivity (Wildman–Crippen MR) is 409 cm³/mol. The highest BCUT2D eigenvalue weighted by Crippen LogP contribution is 2.71. The molecule has 0 spiro atoms. The van der Waals surface area contributed by atoms with E-state index in [-0.39, 0.29) is 0 Å². The smallest absolute Gasteiger partial charge is 0.160 e. The van der Waals surface area contributed by atoms with Crippen molar-refractivity contribution < 1.29 is 19.1 Å². The highest BCUT2D eigenvalue weighted by Gasteiger charge is 2.55. The maximum absolute atomic E-state index is 12.6. The number of unbranched alkanes of at least 4 members (excludes halogenated alkanes) is 20. The minimum absolute atomic E-state index is 0.668. The Morgan fingerprint density at radius 1 is 0.319 bits per heavy atom. The lowest BCUT2D eigenvalue weighted by Crippen LogP contribution is -2.29. The fraction of sp³-hybridized carbons (Fsp3) is 0.429. The number of fused-ring (bicyclic) bond motifs is 9. The first-order chi connectivity index (χ1) is 46.3. The molecule has 0 amide bonds. The molecule has 0 aliphatic heterocycles. The van der Waals surface area contributed by atoms with E-state index in [2.05, 4.69) is 137 Å². The third-order valence-electron chi connectivity index (χ3n) is 20.3. The van der Waals surface area contributed by atoms with Gasteiger partial charge in [0.25, 0.3) is 0 Å². The van der Waals surface area contributed by atoms with Gasteiger partial charge in [-0.1, -0.05) is 253 Å². The van der Waals surface area contributed by atoms with E-state index in [9.17, 15) is 9.59 Å². The number of aldehydes is 2. The summed E-state index contributed by atoms with van der Waals surface area (Å²) in [5.41, 5.74) is 14.8. The molecule has 0 saturated heterocycles. The molecule has 0 bridgehead atoms. The average molecular weight is 1360 g/mol. The van der Waals surface area contributed by atoms with Gasteiger partial charge in [0, 0.05) is 33.0 Å². The summed E-state index contributed by atoms with van der Waals surface area (Å²) in [5.74, 6) is 1.49. The summed E-state index contributed by atoms with van der Waals surface area (Å²) in [6, 6.07) is 48.3. The number of aryl methyl sites for hydroxylation is 4. The maximum Gasteiger partial charge on any atom is 0.160 e. The van der Waals surface area contributed by atoms with Crippen molar-refractivity contribution in [3.63, 3.8) is 0 Å². The van der Waals surface area contributed by atoms with Crippen molar-refractivity contribution in [2.24, 2.45) is 0 Å². The Labute approximate surface area is 585 Å². The molecule has 0 N–H and O–H groups in total. The molecule has 0 unspecified atom stereocenters. The van der Waals surface area contributed by atoms with Crippen molar-refractivity contribution in [3.8, 4) is 50.5 Å². The monoisotopic (exact) mass is 1360 g/mol. The van der Waals surface area contributed by atoms with Crippen LogP contribution in [-0.4, -0.2) is 26.8 Å². The van der Waals surface area contributed by atoms with Crippen LogP contribution in [0.5, 0.6) is 11.5 Å². The summed E-state index contributed by atoms with van der Waals surface area (Å²) in [5, 5.41) is 0. The van der Waals surface area contributed by atoms with Crippen LogP contribution < -0.4 is 9.47 Å². The van der Waals surface area contributed by atoms with Gasteiger partial charge < -0.3 is 9.47 Å². The predicted octanol–water partition coefficient (Wildman–Crippen LogP) is 26.5. The van der Waals surface area contributed by atoms with Gasteiger partial charge in [-0.25, -0.2) is 0 Å². The molecule has 2 aliphatic carbocycles. The molecule has 0 radical (unpaired) electrons. The summed E-state index contributed by atoms with van der Waals surface area (Å²) >= 11 is 10.8. The van der Waals surface area contributed by atoms with Gasteiger partial charge in [-0.05, 0) is 119 Å². The van der Waals surface area contributed by atoms with Crippen molar-refractivity contribution in [3.05, 3.63) is 198 Å². The summed E-state index contributed by atoms with van der Waals surface area (Å²) in [6.45, 7) is 9.20. The van der Waals surface area contributed by atoms with E-state index < -0.39 is 10.8 Å². The van der Waals surface area contributed by atoms with Crippen LogP contribution in [-0.2, 0) is 36.5 Å². The van der Waals surface area contributed by atoms with E-state index in [1.165, 1.54) is 272 Å². The molecule has 6 heterocycles. The van der Waals surface area contributed by atoms with E-state index in [1.807, 2.05) is 57.5 Å². The molecular formula is C84H96O4S6. The van der Waals surface area contributed by atoms with E-state index >= 15 is 0 Å². The topological polar surface area (TPSA) is 52.6 Å². The van der Waals surface area contributed by atoms with Crippen LogP contribution in [0.1, 0.15) is 268 Å². The second kappa shape index (κ2) is 32.1. The van der Waals surface area contributed by atoms with E-state index in [4.69, 9.17) is 9.47 Å². The molecule has 6 aromatic heterocycles. The lowest BCUT2D eigenvalue weighted by molar-refractivity contribution is 0.111. The Hall–Kier alpha value is -5.72. The number of methoxy groups -OCH3 is 2. The van der Waals surface area contributed by atoms with Gasteiger partial charge in [-0.15, -0.1) is 68.0 Å². The zero-order valence-electron chi connectivity index (χ0n) is 56.6. The van der Waals surface area contributed by atoms with Gasteiger partial charge in [-0.3, -0.25) is 9.59 Å². The molecule has 94 heavy (non-hydrogen) atoms. The third-order valence-corrected chi connectivity index (χ3v) is 27.9. The Balaban J connectivity index is 1.10. The van der Waals surface area contributed by atoms with E-state index in [0.717, 1.165) is 69.3 Å². The summed E-state index contributed by atoms with van der Waals surface area (Å²) in [4.78, 5) is 36.0. The number of rotatable bonds is 38. The van der Waals surface area contributed by atoms with Crippen molar-refractivity contribution >= 4 is 90.0 Å². The standard InChI is InChI=1S/C84H96O4S6/c1-7-11-15-19-23-27-31-57-35-43-61(44-36-57)83(62-45-37-58(38-46-62)32-28-24-20-16-12-8-2)67-53-71(77-69(87-5)51-65(55-85)89-77)91-75(67)79-73(83)81-82(93-79)74-80(94-81)76-68(54-72(92-76)78-70(88-6)52-66(56-86)90-78)84(74,63-47-39-59(40-48-63)33-29-25-21-17-13-9-3)64-49-41-60(42-50-64)34-30-26-22-18-14-10-4/h35-56H,7-34H2,1-6H3. The second-order valence-electron chi connectivity index (χ2n) is 26.7. The Morgan fingerprint density at radius 2 is 0.596 bits per heavy atom. The lowest BCUT2D eigenvalue weighted by Gasteiger charge is -2.34. The van der Waals surface area contributed by atoms with E-state index in [1.54, 1.807) is 14.2 Å². The first-order valence-corrected chi connectivity index (χ1v) is 40.7. The molecule has 10 heteroatoms. The molecular weight excluding hydrogens is 1270 g/mol. The number of thiophene rings is 6. The van der Waals surface area contributed by atoms with Crippen molar-refractivity contribution in [2.45, 2.75) is 218 Å². The van der Waals surface area contributed by atoms with Crippen molar-refractivity contribution in [1.29, 1.82) is 0 Å². The van der Waals surface area contributed by atoms with Crippen LogP contribution in [0.15, 0.2) is 121 Å².